The standard InChI is InChI=1S/C28H40O/c1-18(2)17-29-24-14-20-10-19(3)11-25(20)26(16-24)21-12-22(27(4,5)6)15-23(13-21)28(7,8)9/h12-16,18-19H,10-11,17H2,1-9H3. The van der Waals surface area contributed by atoms with Gasteiger partial charge in [-0.25, -0.2) is 0 Å². The monoisotopic (exact) mass is 392 g/mol. The van der Waals surface area contributed by atoms with Crippen LogP contribution in [0.5, 0.6) is 5.75 Å². The summed E-state index contributed by atoms with van der Waals surface area (Å²) >= 11 is 0. The van der Waals surface area contributed by atoms with E-state index in [1.165, 1.54) is 39.8 Å². The predicted octanol–water partition coefficient (Wildman–Crippen LogP) is 7.72. The molecule has 1 unspecified atom stereocenters. The topological polar surface area (TPSA) is 9.23 Å². The zero-order chi connectivity index (χ0) is 21.6. The van der Waals surface area contributed by atoms with Crippen molar-refractivity contribution in [3.8, 4) is 16.9 Å². The van der Waals surface area contributed by atoms with Gasteiger partial charge in [-0.1, -0.05) is 80.5 Å². The molecule has 0 bridgehead atoms. The largest absolute Gasteiger partial charge is 0.493 e. The first-order chi connectivity index (χ1) is 13.3. The van der Waals surface area contributed by atoms with Crippen molar-refractivity contribution in [2.24, 2.45) is 11.8 Å². The molecule has 0 saturated heterocycles. The van der Waals surface area contributed by atoms with Gasteiger partial charge in [-0.15, -0.1) is 0 Å². The minimum Gasteiger partial charge on any atom is -0.493 e. The average Bonchev–Trinajstić information content (AvgIpc) is 2.97. The first-order valence-electron chi connectivity index (χ1n) is 11.3. The fourth-order valence-electron chi connectivity index (χ4n) is 4.17. The molecule has 0 heterocycles. The summed E-state index contributed by atoms with van der Waals surface area (Å²) < 4.78 is 6.19. The Kier molecular flexibility index (Phi) is 5.91. The Morgan fingerprint density at radius 3 is 1.97 bits per heavy atom. The van der Waals surface area contributed by atoms with E-state index in [-0.39, 0.29) is 10.8 Å². The molecule has 0 amide bonds. The first-order valence-corrected chi connectivity index (χ1v) is 11.3. The quantitative estimate of drug-likeness (QED) is 0.517. The molecule has 0 fully saturated rings. The lowest BCUT2D eigenvalue weighted by Gasteiger charge is -2.27. The molecule has 3 rings (SSSR count). The summed E-state index contributed by atoms with van der Waals surface area (Å²) in [7, 11) is 0. The second-order valence-electron chi connectivity index (χ2n) is 11.6. The van der Waals surface area contributed by atoms with E-state index < -0.39 is 0 Å². The van der Waals surface area contributed by atoms with E-state index in [4.69, 9.17) is 4.74 Å². The third-order valence-electron chi connectivity index (χ3n) is 6.00. The summed E-state index contributed by atoms with van der Waals surface area (Å²) in [6.45, 7) is 21.4. The van der Waals surface area contributed by atoms with Gasteiger partial charge >= 0.3 is 0 Å². The van der Waals surface area contributed by atoms with Gasteiger partial charge in [0.1, 0.15) is 5.75 Å². The number of ether oxygens (including phenoxy) is 1. The minimum atomic E-state index is 0.123. The van der Waals surface area contributed by atoms with Crippen molar-refractivity contribution < 1.29 is 4.74 Å². The van der Waals surface area contributed by atoms with Crippen LogP contribution in [0.1, 0.15) is 84.6 Å². The summed E-state index contributed by atoms with van der Waals surface area (Å²) in [5.74, 6) is 2.26. The molecule has 2 aromatic carbocycles. The minimum absolute atomic E-state index is 0.123. The molecule has 0 N–H and O–H groups in total. The van der Waals surface area contributed by atoms with Crippen molar-refractivity contribution in [3.63, 3.8) is 0 Å². The highest BCUT2D eigenvalue weighted by Crippen LogP contribution is 2.41. The van der Waals surface area contributed by atoms with Crippen LogP contribution in [0, 0.1) is 11.8 Å². The van der Waals surface area contributed by atoms with E-state index in [1.54, 1.807) is 0 Å². The van der Waals surface area contributed by atoms with E-state index in [1.807, 2.05) is 0 Å². The fraction of sp³-hybridized carbons (Fsp3) is 0.571. The van der Waals surface area contributed by atoms with Crippen LogP contribution in [0.25, 0.3) is 11.1 Å². The third kappa shape index (κ3) is 5.05. The van der Waals surface area contributed by atoms with Crippen LogP contribution >= 0.6 is 0 Å². The third-order valence-corrected chi connectivity index (χ3v) is 6.00. The van der Waals surface area contributed by atoms with Gasteiger partial charge in [-0.2, -0.15) is 0 Å². The second-order valence-corrected chi connectivity index (χ2v) is 11.6. The molecule has 2 aromatic rings. The molecule has 1 atom stereocenters. The van der Waals surface area contributed by atoms with Crippen LogP contribution in [0.4, 0.5) is 0 Å². The molecule has 1 heteroatoms. The van der Waals surface area contributed by atoms with Gasteiger partial charge in [0, 0.05) is 0 Å². The zero-order valence-electron chi connectivity index (χ0n) is 20.1. The van der Waals surface area contributed by atoms with Crippen LogP contribution < -0.4 is 4.74 Å². The highest BCUT2D eigenvalue weighted by atomic mass is 16.5. The van der Waals surface area contributed by atoms with Crippen molar-refractivity contribution in [2.75, 3.05) is 6.61 Å². The summed E-state index contributed by atoms with van der Waals surface area (Å²) in [6.07, 6.45) is 2.33. The highest BCUT2D eigenvalue weighted by Gasteiger charge is 2.26. The maximum atomic E-state index is 6.19. The molecule has 0 aromatic heterocycles. The summed E-state index contributed by atoms with van der Waals surface area (Å²) in [4.78, 5) is 0. The van der Waals surface area contributed by atoms with Crippen molar-refractivity contribution in [2.45, 2.75) is 86.0 Å². The molecule has 0 radical (unpaired) electrons. The van der Waals surface area contributed by atoms with E-state index in [0.29, 0.717) is 11.8 Å². The van der Waals surface area contributed by atoms with Gasteiger partial charge in [-0.05, 0) is 81.0 Å². The predicted molar refractivity (Wildman–Crippen MR) is 126 cm³/mol. The molecule has 1 nitrogen and oxygen atoms in total. The summed E-state index contributed by atoms with van der Waals surface area (Å²) in [6, 6.07) is 11.8. The normalized spacial score (nSPS) is 17.0. The van der Waals surface area contributed by atoms with Crippen LogP contribution in [-0.4, -0.2) is 6.61 Å². The molecule has 0 saturated carbocycles. The molecular formula is C28H40O. The van der Waals surface area contributed by atoms with Crippen LogP contribution in [0.15, 0.2) is 30.3 Å². The SMILES string of the molecule is CC(C)COc1cc2c(c(-c3cc(C(C)(C)C)cc(C(C)(C)C)c3)c1)CC(C)C2. The van der Waals surface area contributed by atoms with Crippen molar-refractivity contribution in [1.29, 1.82) is 0 Å². The van der Waals surface area contributed by atoms with Gasteiger partial charge in [0.05, 0.1) is 6.61 Å². The van der Waals surface area contributed by atoms with Crippen LogP contribution in [-0.2, 0) is 23.7 Å². The molecule has 1 aliphatic carbocycles. The van der Waals surface area contributed by atoms with E-state index >= 15 is 0 Å². The Balaban J connectivity index is 2.19. The number of rotatable bonds is 4. The average molecular weight is 393 g/mol. The smallest absolute Gasteiger partial charge is 0.120 e. The van der Waals surface area contributed by atoms with Gasteiger partial charge in [0.25, 0.3) is 0 Å². The van der Waals surface area contributed by atoms with Crippen LogP contribution in [0.3, 0.4) is 0 Å². The molecule has 29 heavy (non-hydrogen) atoms. The molecule has 0 aliphatic heterocycles. The second kappa shape index (κ2) is 7.82. The molecule has 158 valence electrons. The zero-order valence-corrected chi connectivity index (χ0v) is 20.1. The molecular weight excluding hydrogens is 352 g/mol. The Morgan fingerprint density at radius 1 is 0.862 bits per heavy atom. The lowest BCUT2D eigenvalue weighted by molar-refractivity contribution is 0.271. The Morgan fingerprint density at radius 2 is 1.45 bits per heavy atom. The van der Waals surface area contributed by atoms with Gasteiger partial charge in [-0.3, -0.25) is 0 Å². The number of fused-ring (bicyclic) bond motifs is 1. The molecule has 0 spiro atoms. The maximum Gasteiger partial charge on any atom is 0.120 e. The summed E-state index contributed by atoms with van der Waals surface area (Å²) in [5, 5.41) is 0. The Bertz CT molecular complexity index is 842. The van der Waals surface area contributed by atoms with E-state index in [9.17, 15) is 0 Å². The number of hydrogen-bond donors (Lipinski definition) is 0. The maximum absolute atomic E-state index is 6.19. The van der Waals surface area contributed by atoms with Gasteiger partial charge in [0.15, 0.2) is 0 Å². The van der Waals surface area contributed by atoms with Crippen LogP contribution in [0.2, 0.25) is 0 Å². The first kappa shape index (κ1) is 21.9. The van der Waals surface area contributed by atoms with Crippen molar-refractivity contribution >= 4 is 0 Å². The fourth-order valence-corrected chi connectivity index (χ4v) is 4.17. The van der Waals surface area contributed by atoms with Gasteiger partial charge < -0.3 is 4.74 Å². The van der Waals surface area contributed by atoms with Crippen molar-refractivity contribution in [3.05, 3.63) is 52.6 Å². The summed E-state index contributed by atoms with van der Waals surface area (Å²) in [5.41, 5.74) is 8.80. The van der Waals surface area contributed by atoms with E-state index in [0.717, 1.165) is 18.8 Å². The molecule has 1 aliphatic rings. The lowest BCUT2D eigenvalue weighted by Crippen LogP contribution is -2.16. The van der Waals surface area contributed by atoms with Crippen molar-refractivity contribution in [1.82, 2.24) is 0 Å². The lowest BCUT2D eigenvalue weighted by atomic mass is 9.78. The number of benzene rings is 2. The van der Waals surface area contributed by atoms with E-state index in [2.05, 4.69) is 92.6 Å². The Labute approximate surface area is 178 Å². The number of hydrogen-bond acceptors (Lipinski definition) is 1. The Hall–Kier alpha value is -1.76. The highest BCUT2D eigenvalue weighted by molar-refractivity contribution is 5.73. The van der Waals surface area contributed by atoms with Gasteiger partial charge in [0.2, 0.25) is 0 Å².